The van der Waals surface area contributed by atoms with Gasteiger partial charge in [-0.1, -0.05) is 42.3 Å². The Kier molecular flexibility index (Phi) is 4.42. The summed E-state index contributed by atoms with van der Waals surface area (Å²) in [4.78, 5) is 19.1. The van der Waals surface area contributed by atoms with Gasteiger partial charge in [0, 0.05) is 18.2 Å². The summed E-state index contributed by atoms with van der Waals surface area (Å²) in [6, 6.07) is 8.18. The van der Waals surface area contributed by atoms with Crippen LogP contribution in [0.5, 0.6) is 0 Å². The minimum atomic E-state index is -0.119. The van der Waals surface area contributed by atoms with Gasteiger partial charge in [-0.15, -0.1) is 0 Å². The number of benzene rings is 1. The second-order valence-corrected chi connectivity index (χ2v) is 7.05. The lowest BCUT2D eigenvalue weighted by molar-refractivity contribution is 0.177. The molecule has 1 atom stereocenters. The summed E-state index contributed by atoms with van der Waals surface area (Å²) in [5.74, 6) is 1.13. The predicted octanol–water partition coefficient (Wildman–Crippen LogP) is 3.83. The molecule has 1 saturated carbocycles. The average Bonchev–Trinajstić information content (AvgIpc) is 3.36. The number of nitrogens with one attached hydrogen (secondary N) is 1. The second-order valence-electron chi connectivity index (χ2n) is 7.05. The van der Waals surface area contributed by atoms with E-state index in [4.69, 9.17) is 4.52 Å². The van der Waals surface area contributed by atoms with Gasteiger partial charge in [0.15, 0.2) is 0 Å². The van der Waals surface area contributed by atoms with Crippen LogP contribution in [0, 0.1) is 6.92 Å². The molecule has 2 aliphatic rings. The van der Waals surface area contributed by atoms with Crippen molar-refractivity contribution < 1.29 is 9.32 Å². The Morgan fingerprint density at radius 1 is 1.20 bits per heavy atom. The van der Waals surface area contributed by atoms with Gasteiger partial charge in [-0.25, -0.2) is 4.79 Å². The summed E-state index contributed by atoms with van der Waals surface area (Å²) < 4.78 is 5.53. The summed E-state index contributed by atoms with van der Waals surface area (Å²) >= 11 is 0. The molecule has 25 heavy (non-hydrogen) atoms. The molecule has 1 saturated heterocycles. The molecule has 6 nitrogen and oxygen atoms in total. The van der Waals surface area contributed by atoms with Crippen LogP contribution >= 0.6 is 0 Å². The van der Waals surface area contributed by atoms with E-state index in [0.29, 0.717) is 17.8 Å². The van der Waals surface area contributed by atoms with E-state index in [9.17, 15) is 4.79 Å². The summed E-state index contributed by atoms with van der Waals surface area (Å²) in [5.41, 5.74) is 2.08. The third-order valence-corrected chi connectivity index (χ3v) is 5.31. The van der Waals surface area contributed by atoms with Gasteiger partial charge in [-0.2, -0.15) is 4.98 Å². The molecule has 0 spiro atoms. The number of carbonyl (C=O) groups is 1. The van der Waals surface area contributed by atoms with E-state index in [2.05, 4.69) is 15.5 Å². The van der Waals surface area contributed by atoms with E-state index < -0.39 is 0 Å². The van der Waals surface area contributed by atoms with E-state index in [1.165, 1.54) is 12.8 Å². The minimum absolute atomic E-state index is 0.00467. The lowest BCUT2D eigenvalue weighted by atomic mass is 10.1. The van der Waals surface area contributed by atoms with E-state index in [1.807, 2.05) is 36.1 Å². The molecule has 1 aliphatic heterocycles. The van der Waals surface area contributed by atoms with Crippen LogP contribution < -0.4 is 5.32 Å². The number of carbonyl (C=O) groups excluding carboxylic acids is 1. The molecule has 1 aromatic heterocycles. The number of nitrogens with zero attached hydrogens (tertiary/aromatic N) is 3. The maximum absolute atomic E-state index is 12.6. The zero-order chi connectivity index (χ0) is 17.2. The normalized spacial score (nSPS) is 21.0. The van der Waals surface area contributed by atoms with Crippen molar-refractivity contribution in [2.75, 3.05) is 6.54 Å². The molecule has 1 unspecified atom stereocenters. The maximum Gasteiger partial charge on any atom is 0.318 e. The number of hydrogen-bond acceptors (Lipinski definition) is 4. The van der Waals surface area contributed by atoms with Crippen LogP contribution in [-0.2, 0) is 0 Å². The molecule has 0 radical (unpaired) electrons. The lowest BCUT2D eigenvalue weighted by Crippen LogP contribution is -2.43. The Morgan fingerprint density at radius 3 is 2.80 bits per heavy atom. The molecule has 0 bridgehead atoms. The molecule has 2 fully saturated rings. The van der Waals surface area contributed by atoms with Crippen molar-refractivity contribution in [1.29, 1.82) is 0 Å². The molecule has 2 aromatic rings. The molecule has 1 aromatic carbocycles. The van der Waals surface area contributed by atoms with Crippen LogP contribution in [0.3, 0.4) is 0 Å². The second kappa shape index (κ2) is 6.86. The molecular weight excluding hydrogens is 316 g/mol. The van der Waals surface area contributed by atoms with E-state index >= 15 is 0 Å². The number of aromatic nitrogens is 2. The summed E-state index contributed by atoms with van der Waals surface area (Å²) in [7, 11) is 0. The fraction of sp³-hybridized carbons (Fsp3) is 0.526. The van der Waals surface area contributed by atoms with Crippen LogP contribution in [0.2, 0.25) is 0 Å². The SMILES string of the molecule is Cc1ccccc1-c1noc(C2CCCN2C(=O)NC2CCCC2)n1. The van der Waals surface area contributed by atoms with Gasteiger partial charge in [0.25, 0.3) is 0 Å². The average molecular weight is 340 g/mol. The third kappa shape index (κ3) is 3.25. The summed E-state index contributed by atoms with van der Waals surface area (Å²) in [5, 5.41) is 7.31. The van der Waals surface area contributed by atoms with Gasteiger partial charge in [0.1, 0.15) is 6.04 Å². The quantitative estimate of drug-likeness (QED) is 0.921. The highest BCUT2D eigenvalue weighted by molar-refractivity contribution is 5.75. The maximum atomic E-state index is 12.6. The highest BCUT2D eigenvalue weighted by Gasteiger charge is 2.35. The first-order valence-corrected chi connectivity index (χ1v) is 9.19. The molecular formula is C19H24N4O2. The van der Waals surface area contributed by atoms with Crippen molar-refractivity contribution in [3.05, 3.63) is 35.7 Å². The Morgan fingerprint density at radius 2 is 2.00 bits per heavy atom. The standard InChI is InChI=1S/C19H24N4O2/c1-13-7-2-5-10-15(13)17-21-18(25-22-17)16-11-6-12-23(16)19(24)20-14-8-3-4-9-14/h2,5,7,10,14,16H,3-4,6,8-9,11-12H2,1H3,(H,20,24). The van der Waals surface area contributed by atoms with Crippen LogP contribution in [0.4, 0.5) is 4.79 Å². The van der Waals surface area contributed by atoms with Crippen LogP contribution in [0.1, 0.15) is 56.0 Å². The monoisotopic (exact) mass is 340 g/mol. The van der Waals surface area contributed by atoms with Crippen molar-refractivity contribution in [2.24, 2.45) is 0 Å². The number of urea groups is 1. The van der Waals surface area contributed by atoms with E-state index in [0.717, 1.165) is 43.4 Å². The molecule has 6 heteroatoms. The third-order valence-electron chi connectivity index (χ3n) is 5.31. The number of hydrogen-bond donors (Lipinski definition) is 1. The van der Waals surface area contributed by atoms with Crippen molar-refractivity contribution in [3.8, 4) is 11.4 Å². The predicted molar refractivity (Wildman–Crippen MR) is 93.9 cm³/mol. The smallest absolute Gasteiger partial charge is 0.318 e. The Hall–Kier alpha value is -2.37. The zero-order valence-corrected chi connectivity index (χ0v) is 14.6. The van der Waals surface area contributed by atoms with Crippen molar-refractivity contribution in [1.82, 2.24) is 20.4 Å². The van der Waals surface area contributed by atoms with Crippen molar-refractivity contribution >= 4 is 6.03 Å². The Balaban J connectivity index is 1.51. The minimum Gasteiger partial charge on any atom is -0.337 e. The topological polar surface area (TPSA) is 71.3 Å². The van der Waals surface area contributed by atoms with Gasteiger partial charge in [0.2, 0.25) is 11.7 Å². The lowest BCUT2D eigenvalue weighted by Gasteiger charge is -2.24. The number of amides is 2. The molecule has 132 valence electrons. The van der Waals surface area contributed by atoms with Gasteiger partial charge in [-0.3, -0.25) is 0 Å². The van der Waals surface area contributed by atoms with Crippen LogP contribution in [0.25, 0.3) is 11.4 Å². The molecule has 2 amide bonds. The van der Waals surface area contributed by atoms with Crippen LogP contribution in [-0.4, -0.2) is 33.7 Å². The van der Waals surface area contributed by atoms with Crippen molar-refractivity contribution in [2.45, 2.75) is 57.5 Å². The highest BCUT2D eigenvalue weighted by Crippen LogP contribution is 2.32. The number of rotatable bonds is 3. The first-order valence-electron chi connectivity index (χ1n) is 9.19. The summed E-state index contributed by atoms with van der Waals surface area (Å²) in [6.07, 6.45) is 6.42. The fourth-order valence-electron chi connectivity index (χ4n) is 3.90. The largest absolute Gasteiger partial charge is 0.337 e. The number of aryl methyl sites for hydroxylation is 1. The molecule has 1 aliphatic carbocycles. The van der Waals surface area contributed by atoms with Gasteiger partial charge >= 0.3 is 6.03 Å². The van der Waals surface area contributed by atoms with E-state index in [-0.39, 0.29) is 12.1 Å². The number of likely N-dealkylation sites (tertiary alicyclic amines) is 1. The Bertz CT molecular complexity index is 751. The highest BCUT2D eigenvalue weighted by atomic mass is 16.5. The van der Waals surface area contributed by atoms with Gasteiger partial charge in [0.05, 0.1) is 0 Å². The molecule has 1 N–H and O–H groups in total. The fourth-order valence-corrected chi connectivity index (χ4v) is 3.90. The Labute approximate surface area is 147 Å². The zero-order valence-electron chi connectivity index (χ0n) is 14.6. The van der Waals surface area contributed by atoms with E-state index in [1.54, 1.807) is 0 Å². The van der Waals surface area contributed by atoms with Gasteiger partial charge in [-0.05, 0) is 38.2 Å². The first-order chi connectivity index (χ1) is 12.2. The summed E-state index contributed by atoms with van der Waals surface area (Å²) in [6.45, 7) is 2.77. The molecule has 4 rings (SSSR count). The molecule has 2 heterocycles. The van der Waals surface area contributed by atoms with Gasteiger partial charge < -0.3 is 14.7 Å². The first kappa shape index (κ1) is 16.1. The van der Waals surface area contributed by atoms with Crippen LogP contribution in [0.15, 0.2) is 28.8 Å². The van der Waals surface area contributed by atoms with Crippen molar-refractivity contribution in [3.63, 3.8) is 0 Å².